The van der Waals surface area contributed by atoms with E-state index >= 15 is 0 Å². The van der Waals surface area contributed by atoms with Crippen LogP contribution in [0.2, 0.25) is 15.1 Å². The van der Waals surface area contributed by atoms with Gasteiger partial charge in [-0.2, -0.15) is 0 Å². The molecule has 0 aliphatic carbocycles. The van der Waals surface area contributed by atoms with Crippen LogP contribution in [-0.2, 0) is 16.6 Å². The van der Waals surface area contributed by atoms with Crippen molar-refractivity contribution in [1.29, 1.82) is 0 Å². The minimum Gasteiger partial charge on any atom is -0.325 e. The first-order valence-electron chi connectivity index (χ1n) is 12.0. The van der Waals surface area contributed by atoms with E-state index < -0.39 is 0 Å². The van der Waals surface area contributed by atoms with E-state index in [-0.39, 0.29) is 23.3 Å². The van der Waals surface area contributed by atoms with Crippen molar-refractivity contribution in [2.45, 2.75) is 16.4 Å². The molecule has 2 N–H and O–H groups in total. The zero-order valence-corrected chi connectivity index (χ0v) is 26.3. The van der Waals surface area contributed by atoms with Crippen molar-refractivity contribution in [1.82, 2.24) is 19.7 Å². The molecule has 0 saturated carbocycles. The number of thiazole rings is 1. The van der Waals surface area contributed by atoms with E-state index in [0.29, 0.717) is 43.0 Å². The molecule has 0 radical (unpaired) electrons. The molecule has 5 rings (SSSR count). The lowest BCUT2D eigenvalue weighted by Gasteiger charge is -2.08. The average Bonchev–Trinajstić information content (AvgIpc) is 3.51. The Balaban J connectivity index is 1.16. The van der Waals surface area contributed by atoms with E-state index in [9.17, 15) is 9.59 Å². The van der Waals surface area contributed by atoms with Crippen LogP contribution >= 0.6 is 69.7 Å². The third kappa shape index (κ3) is 7.35. The predicted octanol–water partition coefficient (Wildman–Crippen LogP) is 7.82. The van der Waals surface area contributed by atoms with Gasteiger partial charge in [-0.3, -0.25) is 9.59 Å². The Hall–Kier alpha value is -2.80. The van der Waals surface area contributed by atoms with Crippen LogP contribution in [-0.4, -0.2) is 43.1 Å². The number of aromatic nitrogens is 4. The van der Waals surface area contributed by atoms with E-state index in [1.165, 1.54) is 34.9 Å². The Morgan fingerprint density at radius 2 is 1.63 bits per heavy atom. The first-order chi connectivity index (χ1) is 19.7. The Kier molecular flexibility index (Phi) is 9.42. The lowest BCUT2D eigenvalue weighted by atomic mass is 10.2. The fourth-order valence-electron chi connectivity index (χ4n) is 3.76. The third-order valence-corrected chi connectivity index (χ3v) is 9.76. The molecule has 0 unspecified atom stereocenters. The first kappa shape index (κ1) is 29.7. The minimum atomic E-state index is -0.185. The van der Waals surface area contributed by atoms with E-state index in [2.05, 4.69) is 25.8 Å². The second kappa shape index (κ2) is 13.0. The van der Waals surface area contributed by atoms with Gasteiger partial charge < -0.3 is 15.2 Å². The molecule has 3 aromatic carbocycles. The van der Waals surface area contributed by atoms with Gasteiger partial charge in [0.25, 0.3) is 0 Å². The fraction of sp³-hybridized carbons (Fsp3) is 0.148. The topological polar surface area (TPSA) is 102 Å². The number of nitrogens with one attached hydrogen (secondary N) is 2. The largest absolute Gasteiger partial charge is 0.325 e. The summed E-state index contributed by atoms with van der Waals surface area (Å²) in [5.74, 6) is 0.604. The zero-order chi connectivity index (χ0) is 29.1. The summed E-state index contributed by atoms with van der Waals surface area (Å²) in [5.41, 5.74) is 3.78. The van der Waals surface area contributed by atoms with Crippen LogP contribution in [0.1, 0.15) is 5.56 Å². The van der Waals surface area contributed by atoms with Gasteiger partial charge in [0.1, 0.15) is 0 Å². The lowest BCUT2D eigenvalue weighted by Crippen LogP contribution is -2.14. The van der Waals surface area contributed by atoms with Crippen molar-refractivity contribution in [3.05, 3.63) is 75.2 Å². The van der Waals surface area contributed by atoms with E-state index in [1.54, 1.807) is 41.0 Å². The van der Waals surface area contributed by atoms with Gasteiger partial charge in [0.05, 0.1) is 26.7 Å². The Labute approximate surface area is 263 Å². The molecule has 2 heterocycles. The Bertz CT molecular complexity index is 1770. The molecule has 2 aromatic heterocycles. The van der Waals surface area contributed by atoms with Gasteiger partial charge >= 0.3 is 0 Å². The monoisotopic (exact) mass is 662 g/mol. The average molecular weight is 664 g/mol. The molecule has 0 bridgehead atoms. The lowest BCUT2D eigenvalue weighted by molar-refractivity contribution is -0.114. The summed E-state index contributed by atoms with van der Waals surface area (Å²) in [6, 6.07) is 16.1. The van der Waals surface area contributed by atoms with Crippen molar-refractivity contribution in [3.8, 4) is 11.4 Å². The number of hydrogen-bond donors (Lipinski definition) is 2. The molecular formula is C27H21Cl3N6O2S3. The molecule has 2 amide bonds. The summed E-state index contributed by atoms with van der Waals surface area (Å²) in [4.78, 5) is 29.7. The third-order valence-electron chi connectivity index (χ3n) is 5.79. The summed E-state index contributed by atoms with van der Waals surface area (Å²) in [7, 11) is 1.82. The van der Waals surface area contributed by atoms with Gasteiger partial charge in [-0.15, -0.1) is 21.5 Å². The van der Waals surface area contributed by atoms with Crippen LogP contribution in [0.15, 0.2) is 64.1 Å². The highest BCUT2D eigenvalue weighted by molar-refractivity contribution is 8.01. The molecule has 0 atom stereocenters. The van der Waals surface area contributed by atoms with Crippen molar-refractivity contribution in [3.63, 3.8) is 0 Å². The van der Waals surface area contributed by atoms with Gasteiger partial charge in [0.15, 0.2) is 15.3 Å². The van der Waals surface area contributed by atoms with Crippen LogP contribution < -0.4 is 10.6 Å². The highest BCUT2D eigenvalue weighted by atomic mass is 35.5. The minimum absolute atomic E-state index is 0.142. The Morgan fingerprint density at radius 3 is 2.44 bits per heavy atom. The van der Waals surface area contributed by atoms with Crippen molar-refractivity contribution >= 4 is 103 Å². The predicted molar refractivity (Wildman–Crippen MR) is 171 cm³/mol. The van der Waals surface area contributed by atoms with Crippen molar-refractivity contribution < 1.29 is 9.59 Å². The number of benzene rings is 3. The molecule has 0 aliphatic rings. The number of nitrogens with zero attached hydrogens (tertiary/aromatic N) is 4. The first-order valence-corrected chi connectivity index (χ1v) is 16.0. The van der Waals surface area contributed by atoms with Crippen LogP contribution in [0, 0.1) is 6.92 Å². The number of fused-ring (bicyclic) bond motifs is 1. The number of aryl methyl sites for hydroxylation is 1. The van der Waals surface area contributed by atoms with Crippen LogP contribution in [0.4, 0.5) is 11.4 Å². The maximum absolute atomic E-state index is 12.7. The SMILES string of the molecule is Cc1ccc(Cl)cc1NC(=O)CSc1nc2ccc(NC(=O)CSc3nnc(-c4ccc(Cl)cc4Cl)n3C)cc2s1. The number of halogens is 3. The maximum Gasteiger partial charge on any atom is 0.234 e. The molecular weight excluding hydrogens is 643 g/mol. The van der Waals surface area contributed by atoms with E-state index in [4.69, 9.17) is 34.8 Å². The fourth-order valence-corrected chi connectivity index (χ4v) is 7.04. The normalized spacial score (nSPS) is 11.1. The second-order valence-corrected chi connectivity index (χ2v) is 13.3. The summed E-state index contributed by atoms with van der Waals surface area (Å²) in [6.45, 7) is 1.91. The van der Waals surface area contributed by atoms with Gasteiger partial charge in [0, 0.05) is 34.0 Å². The van der Waals surface area contributed by atoms with Gasteiger partial charge in [-0.05, 0) is 61.0 Å². The van der Waals surface area contributed by atoms with E-state index in [0.717, 1.165) is 20.1 Å². The van der Waals surface area contributed by atoms with Gasteiger partial charge in [-0.1, -0.05) is 64.4 Å². The van der Waals surface area contributed by atoms with Crippen LogP contribution in [0.3, 0.4) is 0 Å². The highest BCUT2D eigenvalue weighted by Crippen LogP contribution is 2.33. The van der Waals surface area contributed by atoms with Gasteiger partial charge in [-0.25, -0.2) is 4.98 Å². The number of carbonyl (C=O) groups is 2. The summed E-state index contributed by atoms with van der Waals surface area (Å²) >= 11 is 22.4. The van der Waals surface area contributed by atoms with E-state index in [1.807, 2.05) is 32.2 Å². The number of amides is 2. The van der Waals surface area contributed by atoms with Crippen molar-refractivity contribution in [2.75, 3.05) is 22.1 Å². The molecule has 8 nitrogen and oxygen atoms in total. The molecule has 210 valence electrons. The summed E-state index contributed by atoms with van der Waals surface area (Å²) in [5, 5.41) is 16.4. The van der Waals surface area contributed by atoms with Crippen LogP contribution in [0.5, 0.6) is 0 Å². The zero-order valence-electron chi connectivity index (χ0n) is 21.6. The van der Waals surface area contributed by atoms with Gasteiger partial charge in [0.2, 0.25) is 11.8 Å². The molecule has 41 heavy (non-hydrogen) atoms. The second-order valence-electron chi connectivity index (χ2n) is 8.78. The number of rotatable bonds is 9. The maximum atomic E-state index is 12.7. The molecule has 5 aromatic rings. The van der Waals surface area contributed by atoms with Crippen LogP contribution in [0.25, 0.3) is 21.6 Å². The number of carbonyl (C=O) groups excluding carboxylic acids is 2. The number of hydrogen-bond acceptors (Lipinski definition) is 8. The van der Waals surface area contributed by atoms with Crippen molar-refractivity contribution in [2.24, 2.45) is 7.05 Å². The number of thioether (sulfide) groups is 2. The molecule has 0 aliphatic heterocycles. The quantitative estimate of drug-likeness (QED) is 0.155. The molecule has 14 heteroatoms. The number of anilines is 2. The Morgan fingerprint density at radius 1 is 0.902 bits per heavy atom. The molecule has 0 spiro atoms. The molecule has 0 saturated heterocycles. The standard InChI is InChI=1S/C27H21Cl3N6O2S3/c1-14-3-4-16(29)10-21(14)32-24(38)13-40-27-33-20-8-6-17(11-22(20)41-27)31-23(37)12-39-26-35-34-25(36(26)2)18-7-5-15(28)9-19(18)30/h3-11H,12-13H2,1-2H3,(H,31,37)(H,32,38). The highest BCUT2D eigenvalue weighted by Gasteiger charge is 2.16. The smallest absolute Gasteiger partial charge is 0.234 e. The summed E-state index contributed by atoms with van der Waals surface area (Å²) < 4.78 is 3.45. The summed E-state index contributed by atoms with van der Waals surface area (Å²) in [6.07, 6.45) is 0. The molecule has 0 fully saturated rings.